The zero-order valence-electron chi connectivity index (χ0n) is 38.3. The van der Waals surface area contributed by atoms with Gasteiger partial charge in [-0.2, -0.15) is 0 Å². The number of thiophene rings is 1. The van der Waals surface area contributed by atoms with E-state index in [1.807, 2.05) is 84.8 Å². The lowest BCUT2D eigenvalue weighted by Gasteiger charge is -2.35. The molecule has 17 heteroatoms. The third-order valence-electron chi connectivity index (χ3n) is 11.7. The van der Waals surface area contributed by atoms with Crippen LogP contribution in [0.25, 0.3) is 21.1 Å². The molecule has 0 saturated carbocycles. The molecule has 0 bridgehead atoms. The van der Waals surface area contributed by atoms with Crippen molar-refractivity contribution in [2.75, 3.05) is 86.5 Å². The zero-order chi connectivity index (χ0) is 48.3. The van der Waals surface area contributed by atoms with Crippen molar-refractivity contribution in [3.8, 4) is 0 Å². The number of carbonyl (C=O) groups is 4. The highest BCUT2D eigenvalue weighted by molar-refractivity contribution is 7.17. The summed E-state index contributed by atoms with van der Waals surface area (Å²) in [5.41, 5.74) is 5.74. The van der Waals surface area contributed by atoms with Gasteiger partial charge in [0, 0.05) is 78.4 Å². The summed E-state index contributed by atoms with van der Waals surface area (Å²) in [5.74, 6) is -0.914. The van der Waals surface area contributed by atoms with Crippen LogP contribution in [0, 0.1) is 13.8 Å². The fraction of sp³-hybridized carbons (Fsp3) is 0.269. The number of hydrogen-bond acceptors (Lipinski definition) is 13. The number of pyridine rings is 1. The maximum atomic E-state index is 13.5. The molecular weight excluding hydrogens is 899 g/mol. The van der Waals surface area contributed by atoms with Crippen LogP contribution in [0.2, 0.25) is 0 Å². The minimum Gasteiger partial charge on any atom is -0.478 e. The van der Waals surface area contributed by atoms with Crippen LogP contribution in [-0.4, -0.2) is 104 Å². The number of para-hydroxylation sites is 2. The molecule has 0 radical (unpaired) electrons. The van der Waals surface area contributed by atoms with E-state index in [-0.39, 0.29) is 73.7 Å². The highest BCUT2D eigenvalue weighted by Crippen LogP contribution is 2.31. The van der Waals surface area contributed by atoms with Gasteiger partial charge in [-0.3, -0.25) is 19.2 Å². The predicted molar refractivity (Wildman–Crippen MR) is 269 cm³/mol. The van der Waals surface area contributed by atoms with Gasteiger partial charge < -0.3 is 50.1 Å². The number of aryl methyl sites for hydroxylation is 2. The lowest BCUT2D eigenvalue weighted by molar-refractivity contribution is -0.132. The van der Waals surface area contributed by atoms with E-state index in [9.17, 15) is 29.1 Å². The quantitative estimate of drug-likeness (QED) is 0.0462. The Hall–Kier alpha value is -7.60. The highest BCUT2D eigenvalue weighted by atomic mass is 32.1. The molecule has 4 aromatic carbocycles. The van der Waals surface area contributed by atoms with Crippen molar-refractivity contribution in [3.63, 3.8) is 0 Å². The fourth-order valence-electron chi connectivity index (χ4n) is 8.10. The molecule has 0 aliphatic carbocycles. The summed E-state index contributed by atoms with van der Waals surface area (Å²) in [4.78, 5) is 73.1. The molecule has 5 N–H and O–H groups in total. The maximum absolute atomic E-state index is 13.5. The van der Waals surface area contributed by atoms with Crippen LogP contribution in [0.5, 0.6) is 0 Å². The monoisotopic (exact) mass is 951 g/mol. The average molecular weight is 952 g/mol. The second-order valence-corrected chi connectivity index (χ2v) is 17.4. The molecule has 356 valence electrons. The van der Waals surface area contributed by atoms with Crippen molar-refractivity contribution < 1.29 is 38.2 Å². The van der Waals surface area contributed by atoms with Gasteiger partial charge in [-0.1, -0.05) is 54.6 Å². The van der Waals surface area contributed by atoms with Crippen molar-refractivity contribution in [2.24, 2.45) is 0 Å². The van der Waals surface area contributed by atoms with Crippen molar-refractivity contribution in [1.82, 2.24) is 15.2 Å². The lowest BCUT2D eigenvalue weighted by atomic mass is 10.0. The van der Waals surface area contributed by atoms with Gasteiger partial charge in [-0.25, -0.2) is 9.78 Å². The Morgan fingerprint density at radius 1 is 0.768 bits per heavy atom. The summed E-state index contributed by atoms with van der Waals surface area (Å²) in [6.45, 7) is 7.40. The number of hydrogen-bond donors (Lipinski definition) is 5. The second-order valence-electron chi connectivity index (χ2n) is 16.5. The molecule has 1 saturated heterocycles. The van der Waals surface area contributed by atoms with Gasteiger partial charge in [0.1, 0.15) is 5.58 Å². The Morgan fingerprint density at radius 2 is 1.51 bits per heavy atom. The Morgan fingerprint density at radius 3 is 2.30 bits per heavy atom. The molecule has 0 atom stereocenters. The molecule has 69 heavy (non-hydrogen) atoms. The van der Waals surface area contributed by atoms with E-state index in [1.165, 1.54) is 23.6 Å². The van der Waals surface area contributed by atoms with Gasteiger partial charge in [0.25, 0.3) is 11.8 Å². The number of anilines is 5. The number of nitrogens with one attached hydrogen (secondary N) is 4. The molecule has 0 unspecified atom stereocenters. The number of carbonyl (C=O) groups excluding carboxylic acids is 3. The first-order chi connectivity index (χ1) is 33.5. The normalized spacial score (nSPS) is 12.6. The summed E-state index contributed by atoms with van der Waals surface area (Å²) in [7, 11) is 0. The van der Waals surface area contributed by atoms with E-state index in [2.05, 4.69) is 26.3 Å². The van der Waals surface area contributed by atoms with Crippen molar-refractivity contribution >= 4 is 84.8 Å². The van der Waals surface area contributed by atoms with Crippen LogP contribution in [0.4, 0.5) is 28.8 Å². The van der Waals surface area contributed by atoms with E-state index in [0.717, 1.165) is 32.5 Å². The van der Waals surface area contributed by atoms with Crippen LogP contribution >= 0.6 is 11.3 Å². The number of aromatic nitrogens is 1. The fourth-order valence-corrected chi connectivity index (χ4v) is 9.04. The number of nitrogens with zero attached hydrogens (tertiary/aromatic N) is 3. The molecule has 0 spiro atoms. The molecule has 16 nitrogen and oxygen atoms in total. The van der Waals surface area contributed by atoms with Crippen LogP contribution in [0.3, 0.4) is 0 Å². The smallest absolute Gasteiger partial charge is 0.337 e. The summed E-state index contributed by atoms with van der Waals surface area (Å²) in [6.07, 6.45) is 2.15. The van der Waals surface area contributed by atoms with Crippen LogP contribution < -0.4 is 31.6 Å². The molecule has 3 amide bonds. The molecule has 1 fully saturated rings. The van der Waals surface area contributed by atoms with Gasteiger partial charge >= 0.3 is 5.97 Å². The van der Waals surface area contributed by atoms with E-state index >= 15 is 0 Å². The third kappa shape index (κ3) is 11.9. The number of carboxylic acids is 1. The Kier molecular flexibility index (Phi) is 15.6. The summed E-state index contributed by atoms with van der Waals surface area (Å²) < 4.78 is 18.7. The van der Waals surface area contributed by atoms with Gasteiger partial charge in [-0.15, -0.1) is 11.3 Å². The number of piperazine rings is 1. The number of carboxylic acid groups (broad SMARTS) is 1. The maximum Gasteiger partial charge on any atom is 0.337 e. The Bertz CT molecular complexity index is 3050. The van der Waals surface area contributed by atoms with Crippen LogP contribution in [0.1, 0.15) is 54.2 Å². The van der Waals surface area contributed by atoms with Gasteiger partial charge in [0.15, 0.2) is 17.1 Å². The minimum absolute atomic E-state index is 0.0378. The van der Waals surface area contributed by atoms with E-state index < -0.39 is 5.97 Å². The molecule has 3 aromatic heterocycles. The number of aromatic carboxylic acids is 1. The summed E-state index contributed by atoms with van der Waals surface area (Å²) in [6, 6.07) is 29.0. The average Bonchev–Trinajstić information content (AvgIpc) is 3.79. The van der Waals surface area contributed by atoms with Crippen molar-refractivity contribution in [2.45, 2.75) is 26.7 Å². The molecule has 1 aliphatic heterocycles. The number of ether oxygens (including phenoxy) is 2. The van der Waals surface area contributed by atoms with Gasteiger partial charge in [-0.05, 0) is 73.4 Å². The van der Waals surface area contributed by atoms with E-state index in [4.69, 9.17) is 13.9 Å². The molecular formula is C52H53N7O9S. The second kappa shape index (κ2) is 22.5. The zero-order valence-corrected chi connectivity index (χ0v) is 39.2. The van der Waals surface area contributed by atoms with E-state index in [0.29, 0.717) is 78.8 Å². The Balaban J connectivity index is 0.754. The topological polar surface area (TPSA) is 205 Å². The standard InChI is InChI=1S/C52H53N7O9S/c1-33-27-35(15-17-53-42-13-7-4-11-38(42)52(64)65)48-39(28-33)44(60)30-47(68-48)59-21-19-58(20-22-59)46(61)16-23-66-25-26-67-24-18-54-50(62)36-29-43(49(55-31-36)56-41-12-6-3-9-34(41)2)57-51(63)40-32-69-45-14-8-5-10-37(40)45/h3-14,27-32,53H,15-26H2,1-2H3,(H,54,62)(H,55,56)(H,57,63)(H,64,65). The van der Waals surface area contributed by atoms with Crippen LogP contribution in [-0.2, 0) is 20.7 Å². The number of rotatable bonds is 20. The molecule has 8 rings (SSSR count). The molecule has 1 aliphatic rings. The van der Waals surface area contributed by atoms with Crippen molar-refractivity contribution in [3.05, 3.63) is 152 Å². The number of fused-ring (bicyclic) bond motifs is 2. The largest absolute Gasteiger partial charge is 0.478 e. The van der Waals surface area contributed by atoms with Gasteiger partial charge in [0.05, 0.1) is 60.6 Å². The summed E-state index contributed by atoms with van der Waals surface area (Å²) in [5, 5.41) is 25.0. The van der Waals surface area contributed by atoms with E-state index in [1.54, 1.807) is 35.2 Å². The first kappa shape index (κ1) is 47.9. The SMILES string of the molecule is Cc1cc(CCNc2ccccc2C(=O)O)c2oc(N3CCN(C(=O)CCOCCOCCNC(=O)c4cnc(Nc5ccccc5C)c(NC(=O)c5csc6ccccc56)c4)CC3)cc(=O)c2c1. The summed E-state index contributed by atoms with van der Waals surface area (Å²) >= 11 is 1.48. The third-order valence-corrected chi connectivity index (χ3v) is 12.7. The van der Waals surface area contributed by atoms with Gasteiger partial charge in [0.2, 0.25) is 5.91 Å². The molecule has 7 aromatic rings. The molecule has 4 heterocycles. The lowest BCUT2D eigenvalue weighted by Crippen LogP contribution is -2.49. The van der Waals surface area contributed by atoms with Crippen LogP contribution in [0.15, 0.2) is 118 Å². The number of benzene rings is 4. The minimum atomic E-state index is -1.01. The Labute approximate surface area is 402 Å². The van der Waals surface area contributed by atoms with Crippen molar-refractivity contribution in [1.29, 1.82) is 0 Å². The predicted octanol–water partition coefficient (Wildman–Crippen LogP) is 7.87. The first-order valence-electron chi connectivity index (χ1n) is 22.7. The first-order valence-corrected chi connectivity index (χ1v) is 23.6. The highest BCUT2D eigenvalue weighted by Gasteiger charge is 2.24. The number of amides is 3.